The normalized spacial score (nSPS) is 11.9. The van der Waals surface area contributed by atoms with E-state index in [0.717, 1.165) is 24.8 Å². The van der Waals surface area contributed by atoms with Gasteiger partial charge in [-0.25, -0.2) is 4.79 Å². The summed E-state index contributed by atoms with van der Waals surface area (Å²) in [5.41, 5.74) is 0.829. The second-order valence-electron chi connectivity index (χ2n) is 4.75. The molecule has 0 saturated carbocycles. The zero-order valence-electron chi connectivity index (χ0n) is 11.6. The molecule has 5 heteroatoms. The lowest BCUT2D eigenvalue weighted by atomic mass is 10.1. The lowest BCUT2D eigenvalue weighted by Gasteiger charge is -2.14. The summed E-state index contributed by atoms with van der Waals surface area (Å²) in [5.74, 6) is -1.23. The summed E-state index contributed by atoms with van der Waals surface area (Å²) < 4.78 is 0. The molecular formula is C15H20ClNO3. The first-order valence-electron chi connectivity index (χ1n) is 6.79. The quantitative estimate of drug-likeness (QED) is 0.725. The molecule has 4 nitrogen and oxygen atoms in total. The first kappa shape index (κ1) is 16.5. The average Bonchev–Trinajstić information content (AvgIpc) is 2.40. The molecule has 2 N–H and O–H groups in total. The van der Waals surface area contributed by atoms with Crippen molar-refractivity contribution in [3.05, 3.63) is 34.9 Å². The highest BCUT2D eigenvalue weighted by molar-refractivity contribution is 6.30. The summed E-state index contributed by atoms with van der Waals surface area (Å²) in [4.78, 5) is 22.9. The molecule has 1 rings (SSSR count). The van der Waals surface area contributed by atoms with E-state index < -0.39 is 12.0 Å². The minimum atomic E-state index is -1.02. The summed E-state index contributed by atoms with van der Waals surface area (Å²) in [6.07, 6.45) is 3.42. The maximum atomic E-state index is 11.7. The molecule has 0 radical (unpaired) electrons. The van der Waals surface area contributed by atoms with Crippen molar-refractivity contribution in [3.8, 4) is 0 Å². The van der Waals surface area contributed by atoms with Crippen molar-refractivity contribution in [2.45, 2.75) is 45.1 Å². The molecule has 0 unspecified atom stereocenters. The smallest absolute Gasteiger partial charge is 0.326 e. The van der Waals surface area contributed by atoms with E-state index in [4.69, 9.17) is 16.7 Å². The number of benzene rings is 1. The van der Waals surface area contributed by atoms with Gasteiger partial charge in [0, 0.05) is 17.9 Å². The summed E-state index contributed by atoms with van der Waals surface area (Å²) in [7, 11) is 0. The minimum Gasteiger partial charge on any atom is -0.480 e. The second-order valence-corrected chi connectivity index (χ2v) is 5.18. The Bertz CT molecular complexity index is 445. The fourth-order valence-corrected chi connectivity index (χ4v) is 1.98. The van der Waals surface area contributed by atoms with E-state index in [1.165, 1.54) is 0 Å². The number of aliphatic carboxylic acids is 1. The van der Waals surface area contributed by atoms with Crippen molar-refractivity contribution in [2.75, 3.05) is 0 Å². The van der Waals surface area contributed by atoms with Gasteiger partial charge in [0.2, 0.25) is 5.91 Å². The number of carboxylic acids is 1. The predicted molar refractivity (Wildman–Crippen MR) is 78.9 cm³/mol. The molecule has 0 aliphatic rings. The van der Waals surface area contributed by atoms with E-state index in [1.54, 1.807) is 24.3 Å². The zero-order chi connectivity index (χ0) is 15.0. The van der Waals surface area contributed by atoms with Gasteiger partial charge in [0.25, 0.3) is 0 Å². The molecule has 0 aliphatic carbocycles. The molecule has 0 heterocycles. The third-order valence-electron chi connectivity index (χ3n) is 2.99. The van der Waals surface area contributed by atoms with Crippen LogP contribution in [-0.2, 0) is 16.0 Å². The Morgan fingerprint density at radius 1 is 1.25 bits per heavy atom. The third kappa shape index (κ3) is 6.06. The summed E-state index contributed by atoms with van der Waals surface area (Å²) in [5, 5.41) is 12.3. The summed E-state index contributed by atoms with van der Waals surface area (Å²) in [6.45, 7) is 2.05. The van der Waals surface area contributed by atoms with Crippen LogP contribution in [0.2, 0.25) is 5.02 Å². The molecule has 110 valence electrons. The van der Waals surface area contributed by atoms with E-state index >= 15 is 0 Å². The largest absolute Gasteiger partial charge is 0.480 e. The van der Waals surface area contributed by atoms with Crippen LogP contribution in [0.3, 0.4) is 0 Å². The van der Waals surface area contributed by atoms with Gasteiger partial charge in [0.1, 0.15) is 6.04 Å². The van der Waals surface area contributed by atoms with Crippen LogP contribution < -0.4 is 5.32 Å². The Labute approximate surface area is 124 Å². The molecule has 0 aliphatic heterocycles. The van der Waals surface area contributed by atoms with Crippen LogP contribution in [0.1, 0.15) is 38.2 Å². The van der Waals surface area contributed by atoms with E-state index in [9.17, 15) is 9.59 Å². The molecule has 0 saturated heterocycles. The highest BCUT2D eigenvalue weighted by Gasteiger charge is 2.20. The molecular weight excluding hydrogens is 278 g/mol. The van der Waals surface area contributed by atoms with Gasteiger partial charge in [-0.1, -0.05) is 43.5 Å². The van der Waals surface area contributed by atoms with Gasteiger partial charge in [0.15, 0.2) is 0 Å². The van der Waals surface area contributed by atoms with Gasteiger partial charge in [-0.3, -0.25) is 4.79 Å². The topological polar surface area (TPSA) is 66.4 Å². The minimum absolute atomic E-state index is 0.209. The zero-order valence-corrected chi connectivity index (χ0v) is 12.3. The van der Waals surface area contributed by atoms with Crippen molar-refractivity contribution in [3.63, 3.8) is 0 Å². The summed E-state index contributed by atoms with van der Waals surface area (Å²) >= 11 is 5.78. The first-order chi connectivity index (χ1) is 9.52. The number of hydrogen-bond acceptors (Lipinski definition) is 2. The van der Waals surface area contributed by atoms with Gasteiger partial charge >= 0.3 is 5.97 Å². The number of carbonyl (C=O) groups excluding carboxylic acids is 1. The molecule has 1 aromatic rings. The van der Waals surface area contributed by atoms with Crippen LogP contribution in [0.15, 0.2) is 24.3 Å². The fraction of sp³-hybridized carbons (Fsp3) is 0.467. The number of rotatable bonds is 8. The SMILES string of the molecule is CCCCCC(=O)N[C@@H](Cc1ccc(Cl)cc1)C(=O)O. The van der Waals surface area contributed by atoms with E-state index in [1.807, 2.05) is 0 Å². The van der Waals surface area contributed by atoms with Crippen molar-refractivity contribution >= 4 is 23.5 Å². The Morgan fingerprint density at radius 3 is 2.45 bits per heavy atom. The second kappa shape index (κ2) is 8.59. The standard InChI is InChI=1S/C15H20ClNO3/c1-2-3-4-5-14(18)17-13(15(19)20)10-11-6-8-12(16)9-7-11/h6-9,13H,2-5,10H2,1H3,(H,17,18)(H,19,20)/t13-/m0/s1. The van der Waals surface area contributed by atoms with Crippen LogP contribution >= 0.6 is 11.6 Å². The van der Waals surface area contributed by atoms with Gasteiger partial charge in [-0.15, -0.1) is 0 Å². The Balaban J connectivity index is 2.54. The van der Waals surface area contributed by atoms with Crippen LogP contribution in [-0.4, -0.2) is 23.0 Å². The molecule has 0 aromatic heterocycles. The Morgan fingerprint density at radius 2 is 1.90 bits per heavy atom. The molecule has 1 amide bonds. The Kier molecular flexibility index (Phi) is 7.09. The van der Waals surface area contributed by atoms with Crippen LogP contribution in [0.4, 0.5) is 0 Å². The monoisotopic (exact) mass is 297 g/mol. The van der Waals surface area contributed by atoms with Gasteiger partial charge in [-0.2, -0.15) is 0 Å². The molecule has 1 atom stereocenters. The fourth-order valence-electron chi connectivity index (χ4n) is 1.86. The molecule has 0 spiro atoms. The Hall–Kier alpha value is -1.55. The lowest BCUT2D eigenvalue weighted by Crippen LogP contribution is -2.42. The maximum Gasteiger partial charge on any atom is 0.326 e. The maximum absolute atomic E-state index is 11.7. The number of hydrogen-bond donors (Lipinski definition) is 2. The first-order valence-corrected chi connectivity index (χ1v) is 7.17. The van der Waals surface area contributed by atoms with Crippen molar-refractivity contribution in [2.24, 2.45) is 0 Å². The number of carbonyl (C=O) groups is 2. The highest BCUT2D eigenvalue weighted by Crippen LogP contribution is 2.11. The molecule has 20 heavy (non-hydrogen) atoms. The third-order valence-corrected chi connectivity index (χ3v) is 3.25. The van der Waals surface area contributed by atoms with Crippen LogP contribution in [0.5, 0.6) is 0 Å². The molecule has 1 aromatic carbocycles. The van der Waals surface area contributed by atoms with Crippen molar-refractivity contribution in [1.82, 2.24) is 5.32 Å². The van der Waals surface area contributed by atoms with E-state index in [-0.39, 0.29) is 12.3 Å². The van der Waals surface area contributed by atoms with Crippen LogP contribution in [0, 0.1) is 0 Å². The number of unbranched alkanes of at least 4 members (excludes halogenated alkanes) is 2. The van der Waals surface area contributed by atoms with Gasteiger partial charge in [0.05, 0.1) is 0 Å². The van der Waals surface area contributed by atoms with Crippen LogP contribution in [0.25, 0.3) is 0 Å². The number of amides is 1. The molecule has 0 fully saturated rings. The van der Waals surface area contributed by atoms with Crippen molar-refractivity contribution < 1.29 is 14.7 Å². The molecule has 0 bridgehead atoms. The van der Waals surface area contributed by atoms with Gasteiger partial charge < -0.3 is 10.4 Å². The number of carboxylic acid groups (broad SMARTS) is 1. The van der Waals surface area contributed by atoms with E-state index in [0.29, 0.717) is 11.4 Å². The van der Waals surface area contributed by atoms with Gasteiger partial charge in [-0.05, 0) is 24.1 Å². The number of nitrogens with one attached hydrogen (secondary N) is 1. The number of halogens is 1. The average molecular weight is 298 g/mol. The summed E-state index contributed by atoms with van der Waals surface area (Å²) in [6, 6.07) is 6.05. The lowest BCUT2D eigenvalue weighted by molar-refractivity contribution is -0.141. The van der Waals surface area contributed by atoms with Crippen molar-refractivity contribution in [1.29, 1.82) is 0 Å². The predicted octanol–water partition coefficient (Wildman–Crippen LogP) is 3.03. The highest BCUT2D eigenvalue weighted by atomic mass is 35.5. The van der Waals surface area contributed by atoms with E-state index in [2.05, 4.69) is 12.2 Å².